The molecule has 13 heavy (non-hydrogen) atoms. The second kappa shape index (κ2) is 4.20. The number of pyridine rings is 1. The summed E-state index contributed by atoms with van der Waals surface area (Å²) in [5.74, 6) is 0.603. The van der Waals surface area contributed by atoms with Crippen molar-refractivity contribution in [3.63, 3.8) is 0 Å². The third-order valence-electron chi connectivity index (χ3n) is 2.46. The van der Waals surface area contributed by atoms with Gasteiger partial charge in [-0.3, -0.25) is 4.98 Å². The molecular weight excluding hydrogens is 228 g/mol. The van der Waals surface area contributed by atoms with E-state index in [0.717, 1.165) is 17.6 Å². The Morgan fingerprint density at radius 1 is 1.54 bits per heavy atom. The minimum Gasteiger partial charge on any atom is -0.316 e. The highest BCUT2D eigenvalue weighted by molar-refractivity contribution is 9.10. The van der Waals surface area contributed by atoms with Gasteiger partial charge in [0, 0.05) is 28.8 Å². The van der Waals surface area contributed by atoms with Crippen molar-refractivity contribution in [1.82, 2.24) is 10.3 Å². The smallest absolute Gasteiger partial charge is 0.0458 e. The van der Waals surface area contributed by atoms with Crippen LogP contribution in [0, 0.1) is 0 Å². The van der Waals surface area contributed by atoms with Gasteiger partial charge in [0.2, 0.25) is 0 Å². The molecule has 0 bridgehead atoms. The Morgan fingerprint density at radius 3 is 3.15 bits per heavy atom. The third kappa shape index (κ3) is 2.29. The first-order valence-electron chi connectivity index (χ1n) is 4.68. The van der Waals surface area contributed by atoms with Crippen molar-refractivity contribution < 1.29 is 0 Å². The zero-order valence-corrected chi connectivity index (χ0v) is 9.05. The molecule has 0 aliphatic carbocycles. The van der Waals surface area contributed by atoms with Crippen LogP contribution in [0.1, 0.15) is 24.5 Å². The van der Waals surface area contributed by atoms with Crippen molar-refractivity contribution in [3.8, 4) is 0 Å². The highest BCUT2D eigenvalue weighted by atomic mass is 79.9. The molecule has 1 aliphatic rings. The summed E-state index contributed by atoms with van der Waals surface area (Å²) in [5.41, 5.74) is 1.21. The molecule has 1 N–H and O–H groups in total. The fourth-order valence-electron chi connectivity index (χ4n) is 1.75. The van der Waals surface area contributed by atoms with Crippen LogP contribution in [0.3, 0.4) is 0 Å². The molecule has 0 saturated carbocycles. The molecule has 1 aliphatic heterocycles. The molecular formula is C10H13BrN2. The quantitative estimate of drug-likeness (QED) is 0.816. The monoisotopic (exact) mass is 240 g/mol. The number of nitrogens with zero attached hydrogens (tertiary/aromatic N) is 1. The van der Waals surface area contributed by atoms with Crippen LogP contribution in [0.4, 0.5) is 0 Å². The Balaban J connectivity index is 2.14. The second-order valence-corrected chi connectivity index (χ2v) is 4.36. The number of hydrogen-bond acceptors (Lipinski definition) is 2. The fourth-order valence-corrected chi connectivity index (χ4v) is 2.10. The van der Waals surface area contributed by atoms with Crippen LogP contribution in [-0.4, -0.2) is 18.1 Å². The first kappa shape index (κ1) is 9.16. The van der Waals surface area contributed by atoms with E-state index < -0.39 is 0 Å². The molecule has 2 rings (SSSR count). The highest BCUT2D eigenvalue weighted by Crippen LogP contribution is 2.23. The van der Waals surface area contributed by atoms with E-state index in [0.29, 0.717) is 5.92 Å². The predicted octanol–water partition coefficient (Wildman–Crippen LogP) is 2.31. The summed E-state index contributed by atoms with van der Waals surface area (Å²) < 4.78 is 1.13. The van der Waals surface area contributed by atoms with Crippen molar-refractivity contribution in [2.75, 3.05) is 13.1 Å². The minimum atomic E-state index is 0.603. The van der Waals surface area contributed by atoms with E-state index >= 15 is 0 Å². The van der Waals surface area contributed by atoms with Gasteiger partial charge in [-0.25, -0.2) is 0 Å². The number of halogens is 1. The zero-order chi connectivity index (χ0) is 9.10. The van der Waals surface area contributed by atoms with Gasteiger partial charge in [-0.15, -0.1) is 0 Å². The van der Waals surface area contributed by atoms with Gasteiger partial charge in [0.1, 0.15) is 0 Å². The van der Waals surface area contributed by atoms with E-state index in [2.05, 4.69) is 32.3 Å². The maximum atomic E-state index is 4.39. The van der Waals surface area contributed by atoms with Gasteiger partial charge in [-0.1, -0.05) is 15.9 Å². The van der Waals surface area contributed by atoms with Gasteiger partial charge in [-0.05, 0) is 31.5 Å². The maximum Gasteiger partial charge on any atom is 0.0458 e. The van der Waals surface area contributed by atoms with Crippen LogP contribution >= 0.6 is 15.9 Å². The summed E-state index contributed by atoms with van der Waals surface area (Å²) in [6, 6.07) is 4.09. The second-order valence-electron chi connectivity index (χ2n) is 3.44. The summed E-state index contributed by atoms with van der Waals surface area (Å²) in [7, 11) is 0. The van der Waals surface area contributed by atoms with Crippen LogP contribution in [0.15, 0.2) is 22.8 Å². The van der Waals surface area contributed by atoms with Crippen molar-refractivity contribution >= 4 is 15.9 Å². The summed E-state index contributed by atoms with van der Waals surface area (Å²) in [4.78, 5) is 4.39. The number of hydrogen-bond donors (Lipinski definition) is 1. The van der Waals surface area contributed by atoms with Gasteiger partial charge in [-0.2, -0.15) is 0 Å². The Kier molecular flexibility index (Phi) is 2.96. The standard InChI is InChI=1S/C10H13BrN2/c11-9-3-5-13-10(6-9)8-2-1-4-12-7-8/h3,5-6,8,12H,1-2,4,7H2/t8-/m1/s1. The SMILES string of the molecule is Brc1ccnc([C@@H]2CCCNC2)c1. The third-order valence-corrected chi connectivity index (χ3v) is 2.95. The lowest BCUT2D eigenvalue weighted by Crippen LogP contribution is -2.28. The van der Waals surface area contributed by atoms with E-state index in [9.17, 15) is 0 Å². The molecule has 1 aromatic heterocycles. The molecule has 0 radical (unpaired) electrons. The molecule has 1 aromatic rings. The molecule has 70 valence electrons. The van der Waals surface area contributed by atoms with Crippen molar-refractivity contribution in [1.29, 1.82) is 0 Å². The van der Waals surface area contributed by atoms with E-state index in [-0.39, 0.29) is 0 Å². The van der Waals surface area contributed by atoms with E-state index in [1.54, 1.807) is 0 Å². The highest BCUT2D eigenvalue weighted by Gasteiger charge is 2.15. The molecule has 0 aromatic carbocycles. The van der Waals surface area contributed by atoms with Crippen LogP contribution in [0.25, 0.3) is 0 Å². The largest absolute Gasteiger partial charge is 0.316 e. The fraction of sp³-hybridized carbons (Fsp3) is 0.500. The van der Waals surface area contributed by atoms with Gasteiger partial charge < -0.3 is 5.32 Å². The molecule has 0 amide bonds. The van der Waals surface area contributed by atoms with Crippen molar-refractivity contribution in [2.45, 2.75) is 18.8 Å². The average molecular weight is 241 g/mol. The summed E-state index contributed by atoms with van der Waals surface area (Å²) in [5, 5.41) is 3.40. The lowest BCUT2D eigenvalue weighted by molar-refractivity contribution is 0.454. The Morgan fingerprint density at radius 2 is 2.46 bits per heavy atom. The Bertz CT molecular complexity index is 282. The van der Waals surface area contributed by atoms with Gasteiger partial charge >= 0.3 is 0 Å². The average Bonchev–Trinajstić information content (AvgIpc) is 2.19. The zero-order valence-electron chi connectivity index (χ0n) is 7.46. The van der Waals surface area contributed by atoms with Crippen LogP contribution < -0.4 is 5.32 Å². The molecule has 2 heterocycles. The van der Waals surface area contributed by atoms with Gasteiger partial charge in [0.25, 0.3) is 0 Å². The molecule has 1 saturated heterocycles. The van der Waals surface area contributed by atoms with E-state index in [1.165, 1.54) is 18.5 Å². The Hall–Kier alpha value is -0.410. The lowest BCUT2D eigenvalue weighted by atomic mass is 9.96. The van der Waals surface area contributed by atoms with Gasteiger partial charge in [0.05, 0.1) is 0 Å². The van der Waals surface area contributed by atoms with Crippen LogP contribution in [0.2, 0.25) is 0 Å². The predicted molar refractivity (Wildman–Crippen MR) is 56.8 cm³/mol. The minimum absolute atomic E-state index is 0.603. The molecule has 3 heteroatoms. The Labute approximate surface area is 86.9 Å². The molecule has 1 fully saturated rings. The normalized spacial score (nSPS) is 23.0. The van der Waals surface area contributed by atoms with Crippen molar-refractivity contribution in [2.24, 2.45) is 0 Å². The number of rotatable bonds is 1. The first-order chi connectivity index (χ1) is 6.36. The van der Waals surface area contributed by atoms with E-state index in [1.807, 2.05) is 12.3 Å². The molecule has 2 nitrogen and oxygen atoms in total. The summed E-state index contributed by atoms with van der Waals surface area (Å²) in [6.45, 7) is 2.23. The molecule has 0 spiro atoms. The summed E-state index contributed by atoms with van der Waals surface area (Å²) >= 11 is 3.47. The first-order valence-corrected chi connectivity index (χ1v) is 5.48. The summed E-state index contributed by atoms with van der Waals surface area (Å²) in [6.07, 6.45) is 4.39. The van der Waals surface area contributed by atoms with Crippen LogP contribution in [-0.2, 0) is 0 Å². The number of aromatic nitrogens is 1. The van der Waals surface area contributed by atoms with Gasteiger partial charge in [0.15, 0.2) is 0 Å². The number of nitrogens with one attached hydrogen (secondary N) is 1. The van der Waals surface area contributed by atoms with Crippen LogP contribution in [0.5, 0.6) is 0 Å². The lowest BCUT2D eigenvalue weighted by Gasteiger charge is -2.22. The van der Waals surface area contributed by atoms with E-state index in [4.69, 9.17) is 0 Å². The maximum absolute atomic E-state index is 4.39. The number of piperidine rings is 1. The van der Waals surface area contributed by atoms with Crippen molar-refractivity contribution in [3.05, 3.63) is 28.5 Å². The topological polar surface area (TPSA) is 24.9 Å². The molecule has 1 atom stereocenters. The molecule has 0 unspecified atom stereocenters.